The average Bonchev–Trinajstić information content (AvgIpc) is 3.11. The molecular formula is C35H38ClF5N6O4. The number of ether oxygens (including phenoxy) is 2. The summed E-state index contributed by atoms with van der Waals surface area (Å²) in [5, 5.41) is 5.55. The van der Waals surface area contributed by atoms with Gasteiger partial charge in [0, 0.05) is 66.0 Å². The molecule has 0 saturated carbocycles. The summed E-state index contributed by atoms with van der Waals surface area (Å²) in [7, 11) is 1.58. The van der Waals surface area contributed by atoms with Gasteiger partial charge in [0.05, 0.1) is 25.3 Å². The molecule has 0 unspecified atom stereocenters. The molecule has 1 saturated heterocycles. The van der Waals surface area contributed by atoms with Crippen LogP contribution in [0.4, 0.5) is 27.6 Å². The van der Waals surface area contributed by atoms with Crippen molar-refractivity contribution in [3.63, 3.8) is 0 Å². The van der Waals surface area contributed by atoms with E-state index in [9.17, 15) is 22.8 Å². The van der Waals surface area contributed by atoms with E-state index >= 15 is 8.78 Å². The number of hydrogen-bond donors (Lipinski definition) is 2. The van der Waals surface area contributed by atoms with Crippen molar-refractivity contribution in [2.45, 2.75) is 44.9 Å². The molecule has 5 rings (SSSR count). The molecule has 2 aromatic carbocycles. The fourth-order valence-corrected chi connectivity index (χ4v) is 6.52. The van der Waals surface area contributed by atoms with Gasteiger partial charge in [-0.25, -0.2) is 9.40 Å². The van der Waals surface area contributed by atoms with Crippen molar-refractivity contribution < 1.29 is 41.0 Å². The number of carbonyl (C=O) groups is 2. The number of nitrogens with zero attached hydrogens (tertiary/aromatic N) is 4. The topological polar surface area (TPSA) is 113 Å². The number of rotatable bonds is 11. The minimum absolute atomic E-state index is 0.0314. The summed E-state index contributed by atoms with van der Waals surface area (Å²) < 4.78 is 81.1. The van der Waals surface area contributed by atoms with E-state index in [2.05, 4.69) is 15.2 Å². The number of nitrogens with two attached hydrogens (primary N) is 1. The molecule has 51 heavy (non-hydrogen) atoms. The molecule has 3 heterocycles. The molecule has 0 spiro atoms. The van der Waals surface area contributed by atoms with Gasteiger partial charge in [-0.1, -0.05) is 37.6 Å². The molecule has 0 bridgehead atoms. The lowest BCUT2D eigenvalue weighted by molar-refractivity contribution is -0.160. The Bertz CT molecular complexity index is 1800. The number of anilines is 1. The van der Waals surface area contributed by atoms with E-state index in [1.807, 2.05) is 13.8 Å². The first-order valence-electron chi connectivity index (χ1n) is 16.3. The van der Waals surface area contributed by atoms with Gasteiger partial charge in [0.2, 0.25) is 5.82 Å². The van der Waals surface area contributed by atoms with Crippen LogP contribution in [-0.2, 0) is 27.0 Å². The molecule has 0 radical (unpaired) electrons. The maximum atomic E-state index is 15.5. The van der Waals surface area contributed by atoms with Crippen molar-refractivity contribution in [2.24, 2.45) is 5.73 Å². The predicted octanol–water partition coefficient (Wildman–Crippen LogP) is 6.01. The molecule has 0 aliphatic carbocycles. The van der Waals surface area contributed by atoms with Crippen LogP contribution in [0.3, 0.4) is 0 Å². The largest absolute Gasteiger partial charge is 0.489 e. The number of carbonyl (C=O) groups excluding carboxylic acids is 2. The van der Waals surface area contributed by atoms with Gasteiger partial charge in [0.1, 0.15) is 17.9 Å². The van der Waals surface area contributed by atoms with Crippen LogP contribution in [0.1, 0.15) is 37.9 Å². The fourth-order valence-electron chi connectivity index (χ4n) is 6.35. The Morgan fingerprint density at radius 2 is 1.78 bits per heavy atom. The van der Waals surface area contributed by atoms with E-state index in [0.717, 1.165) is 17.3 Å². The lowest BCUT2D eigenvalue weighted by Crippen LogP contribution is -2.64. The lowest BCUT2D eigenvalue weighted by Gasteiger charge is -2.50. The Morgan fingerprint density at radius 1 is 1.08 bits per heavy atom. The highest BCUT2D eigenvalue weighted by molar-refractivity contribution is 6.31. The van der Waals surface area contributed by atoms with E-state index in [4.69, 9.17) is 26.8 Å². The van der Waals surface area contributed by atoms with Crippen LogP contribution in [0, 0.1) is 11.6 Å². The van der Waals surface area contributed by atoms with Gasteiger partial charge in [-0.2, -0.15) is 17.6 Å². The van der Waals surface area contributed by atoms with E-state index < -0.39 is 53.0 Å². The standard InChI is InChI=1S/C35H38ClF5N6O4/c1-4-34(5-2)31(42)28(32(48)44-25-9-8-23(36)18-24(25)21-7-11-27(43-19-21)35(39,40)41)33(49)47(45(34)3)20-22-6-10-26(30(38)29(22)37)51-17-14-46-12-15-50-16-13-46/h6-11,18-19H,4-5,12-17,20,42H2,1-3H3,(H,44,48). The van der Waals surface area contributed by atoms with Crippen LogP contribution >= 0.6 is 11.6 Å². The molecule has 1 aromatic heterocycles. The van der Waals surface area contributed by atoms with E-state index in [1.165, 1.54) is 41.4 Å². The van der Waals surface area contributed by atoms with E-state index in [1.54, 1.807) is 7.05 Å². The Hall–Kier alpha value is -4.31. The van der Waals surface area contributed by atoms with Crippen molar-refractivity contribution in [3.8, 4) is 16.9 Å². The minimum Gasteiger partial charge on any atom is -0.489 e. The second-order valence-electron chi connectivity index (χ2n) is 12.1. The number of halogens is 6. The second-order valence-corrected chi connectivity index (χ2v) is 12.6. The number of aromatic nitrogens is 1. The first kappa shape index (κ1) is 37.9. The summed E-state index contributed by atoms with van der Waals surface area (Å²) in [5.74, 6) is -4.48. The highest BCUT2D eigenvalue weighted by atomic mass is 35.5. The van der Waals surface area contributed by atoms with Gasteiger partial charge >= 0.3 is 6.18 Å². The minimum atomic E-state index is -4.66. The molecule has 2 aliphatic heterocycles. The second kappa shape index (κ2) is 15.5. The number of nitrogens with one attached hydrogen (secondary N) is 1. The Balaban J connectivity index is 1.42. The summed E-state index contributed by atoms with van der Waals surface area (Å²) in [6.45, 7) is 6.42. The number of pyridine rings is 1. The molecule has 10 nitrogen and oxygen atoms in total. The number of benzene rings is 2. The van der Waals surface area contributed by atoms with Crippen LogP contribution < -0.4 is 15.8 Å². The zero-order chi connectivity index (χ0) is 37.1. The average molecular weight is 737 g/mol. The zero-order valence-corrected chi connectivity index (χ0v) is 29.0. The van der Waals surface area contributed by atoms with E-state index in [0.29, 0.717) is 45.7 Å². The molecule has 274 valence electrons. The van der Waals surface area contributed by atoms with Gasteiger partial charge in [-0.3, -0.25) is 24.5 Å². The third-order valence-electron chi connectivity index (χ3n) is 9.41. The lowest BCUT2D eigenvalue weighted by atomic mass is 9.83. The van der Waals surface area contributed by atoms with Crippen molar-refractivity contribution in [1.29, 1.82) is 0 Å². The Labute approximate surface area is 296 Å². The number of hydrazine groups is 1. The summed E-state index contributed by atoms with van der Waals surface area (Å²) in [4.78, 5) is 33.6. The first-order chi connectivity index (χ1) is 24.2. The highest BCUT2D eigenvalue weighted by Gasteiger charge is 2.48. The molecule has 2 aliphatic rings. The van der Waals surface area contributed by atoms with Crippen LogP contribution in [0.25, 0.3) is 11.1 Å². The van der Waals surface area contributed by atoms with Crippen LogP contribution in [0.5, 0.6) is 5.75 Å². The Morgan fingerprint density at radius 3 is 2.41 bits per heavy atom. The zero-order valence-electron chi connectivity index (χ0n) is 28.2. The Kier molecular flexibility index (Phi) is 11.5. The van der Waals surface area contributed by atoms with E-state index in [-0.39, 0.29) is 45.5 Å². The van der Waals surface area contributed by atoms with Crippen molar-refractivity contribution in [3.05, 3.63) is 87.8 Å². The van der Waals surface area contributed by atoms with Gasteiger partial charge in [0.15, 0.2) is 11.6 Å². The number of morpholine rings is 1. The first-order valence-corrected chi connectivity index (χ1v) is 16.7. The SMILES string of the molecule is CCC1(CC)C(N)=C(C(=O)Nc2ccc(Cl)cc2-c2ccc(C(F)(F)F)nc2)C(=O)N(Cc2ccc(OCCN3CCOCC3)c(F)c2F)N1C. The number of amides is 2. The molecule has 2 amide bonds. The van der Waals surface area contributed by atoms with Crippen LogP contribution in [0.2, 0.25) is 5.02 Å². The summed E-state index contributed by atoms with van der Waals surface area (Å²) >= 11 is 6.20. The van der Waals surface area contributed by atoms with Gasteiger partial charge < -0.3 is 20.5 Å². The normalized spacial score (nSPS) is 17.2. The maximum Gasteiger partial charge on any atom is 0.433 e. The molecular weight excluding hydrogens is 699 g/mol. The van der Waals surface area contributed by atoms with Crippen LogP contribution in [0.15, 0.2) is 59.9 Å². The molecule has 16 heteroatoms. The maximum absolute atomic E-state index is 15.5. The third-order valence-corrected chi connectivity index (χ3v) is 9.64. The number of alkyl halides is 3. The fraction of sp³-hybridized carbons (Fsp3) is 0.400. The highest BCUT2D eigenvalue weighted by Crippen LogP contribution is 2.39. The smallest absolute Gasteiger partial charge is 0.433 e. The van der Waals surface area contributed by atoms with Gasteiger partial charge in [-0.05, 0) is 43.2 Å². The third kappa shape index (κ3) is 7.81. The summed E-state index contributed by atoms with van der Waals surface area (Å²) in [5.41, 5.74) is 4.37. The quantitative estimate of drug-likeness (QED) is 0.182. The van der Waals surface area contributed by atoms with Crippen molar-refractivity contribution >= 4 is 29.1 Å². The number of likely N-dealkylation sites (N-methyl/N-ethyl adjacent to an activating group) is 1. The summed E-state index contributed by atoms with van der Waals surface area (Å²) in [6, 6.07) is 8.90. The monoisotopic (exact) mass is 736 g/mol. The molecule has 1 fully saturated rings. The van der Waals surface area contributed by atoms with Crippen LogP contribution in [-0.4, -0.2) is 83.8 Å². The molecule has 0 atom stereocenters. The molecule has 3 N–H and O–H groups in total. The number of hydrogen-bond acceptors (Lipinski definition) is 8. The van der Waals surface area contributed by atoms with Gasteiger partial charge in [-0.15, -0.1) is 0 Å². The summed E-state index contributed by atoms with van der Waals surface area (Å²) in [6.07, 6.45) is -2.99. The van der Waals surface area contributed by atoms with Crippen molar-refractivity contribution in [1.82, 2.24) is 19.9 Å². The van der Waals surface area contributed by atoms with Crippen molar-refractivity contribution in [2.75, 3.05) is 51.8 Å². The molecule has 3 aromatic rings. The van der Waals surface area contributed by atoms with Gasteiger partial charge in [0.25, 0.3) is 11.8 Å². The predicted molar refractivity (Wildman–Crippen MR) is 180 cm³/mol.